The van der Waals surface area contributed by atoms with Crippen molar-refractivity contribution >= 4 is 17.7 Å². The van der Waals surface area contributed by atoms with Crippen molar-refractivity contribution in [2.75, 3.05) is 0 Å². The van der Waals surface area contributed by atoms with Gasteiger partial charge in [0, 0.05) is 6.20 Å². The van der Waals surface area contributed by atoms with Gasteiger partial charge in [-0.25, -0.2) is 9.79 Å². The van der Waals surface area contributed by atoms with Crippen molar-refractivity contribution < 1.29 is 45.7 Å². The number of hydrogen-bond donors (Lipinski definition) is 2. The molecule has 7 heteroatoms. The van der Waals surface area contributed by atoms with Gasteiger partial charge in [0.25, 0.3) is 5.91 Å². The summed E-state index contributed by atoms with van der Waals surface area (Å²) in [5, 5.41) is 12.0. The van der Waals surface area contributed by atoms with Crippen molar-refractivity contribution in [3.63, 3.8) is 0 Å². The summed E-state index contributed by atoms with van der Waals surface area (Å²) in [4.78, 5) is 32.1. The Hall–Kier alpha value is -1.24. The largest absolute Gasteiger partial charge is 1.00 e. The molecule has 1 atom stereocenters. The predicted molar refractivity (Wildman–Crippen MR) is 79.6 cm³/mol. The standard InChI is InChI=1S/C15H19N3O3.Na.H/c1-5-9-6-10(13(19)20)11(16-7-9)12-17-14(21)15(4,18-12)8(2)3;;/h6-8H,5H2,1-4H3,(H,19,20)(H,17,18,21);;/q;+1;-1. The van der Waals surface area contributed by atoms with E-state index < -0.39 is 11.5 Å². The summed E-state index contributed by atoms with van der Waals surface area (Å²) in [7, 11) is 0. The molecule has 0 aromatic carbocycles. The number of nitrogens with zero attached hydrogens (tertiary/aromatic N) is 2. The van der Waals surface area contributed by atoms with E-state index in [4.69, 9.17) is 0 Å². The zero-order valence-electron chi connectivity index (χ0n) is 14.6. The van der Waals surface area contributed by atoms with Crippen LogP contribution in [0.25, 0.3) is 0 Å². The maximum absolute atomic E-state index is 12.1. The monoisotopic (exact) mass is 313 g/mol. The molecule has 0 bridgehead atoms. The van der Waals surface area contributed by atoms with Crippen LogP contribution in [0.5, 0.6) is 0 Å². The molecule has 0 saturated carbocycles. The Bertz CT molecular complexity index is 649. The van der Waals surface area contributed by atoms with Gasteiger partial charge in [-0.15, -0.1) is 0 Å². The van der Waals surface area contributed by atoms with E-state index in [2.05, 4.69) is 15.3 Å². The van der Waals surface area contributed by atoms with E-state index in [1.807, 2.05) is 20.8 Å². The third kappa shape index (κ3) is 3.24. The fraction of sp³-hybridized carbons (Fsp3) is 0.467. The van der Waals surface area contributed by atoms with E-state index in [-0.39, 0.29) is 59.9 Å². The van der Waals surface area contributed by atoms with Crippen molar-refractivity contribution in [3.8, 4) is 0 Å². The first-order chi connectivity index (χ1) is 9.79. The quantitative estimate of drug-likeness (QED) is 0.680. The Labute approximate surface area is 153 Å². The third-order valence-corrected chi connectivity index (χ3v) is 3.97. The first kappa shape index (κ1) is 18.8. The number of rotatable bonds is 4. The number of carboxylic acid groups (broad SMARTS) is 1. The van der Waals surface area contributed by atoms with Gasteiger partial charge in [0.1, 0.15) is 11.2 Å². The van der Waals surface area contributed by atoms with Crippen LogP contribution in [0.2, 0.25) is 0 Å². The van der Waals surface area contributed by atoms with Gasteiger partial charge in [-0.1, -0.05) is 20.8 Å². The smallest absolute Gasteiger partial charge is 1.00 e. The van der Waals surface area contributed by atoms with Crippen LogP contribution in [0.4, 0.5) is 0 Å². The number of amidine groups is 1. The summed E-state index contributed by atoms with van der Waals surface area (Å²) in [6.45, 7) is 7.46. The Morgan fingerprint density at radius 2 is 2.14 bits per heavy atom. The van der Waals surface area contributed by atoms with Crippen LogP contribution >= 0.6 is 0 Å². The van der Waals surface area contributed by atoms with Gasteiger partial charge in [0.05, 0.1) is 5.56 Å². The third-order valence-electron chi connectivity index (χ3n) is 3.97. The van der Waals surface area contributed by atoms with Crippen LogP contribution in [-0.4, -0.2) is 33.3 Å². The number of aliphatic imine (C=N–C) groups is 1. The summed E-state index contributed by atoms with van der Waals surface area (Å²) in [5.74, 6) is -1.08. The first-order valence-electron chi connectivity index (χ1n) is 6.93. The number of nitrogens with one attached hydrogen (secondary N) is 1. The average Bonchev–Trinajstić information content (AvgIpc) is 2.75. The Morgan fingerprint density at radius 3 is 2.59 bits per heavy atom. The fourth-order valence-corrected chi connectivity index (χ4v) is 2.10. The molecule has 1 aromatic heterocycles. The molecule has 0 radical (unpaired) electrons. The van der Waals surface area contributed by atoms with Gasteiger partial charge in [0.15, 0.2) is 5.84 Å². The second-order valence-corrected chi connectivity index (χ2v) is 5.62. The molecule has 1 aliphatic rings. The zero-order chi connectivity index (χ0) is 15.8. The van der Waals surface area contributed by atoms with Gasteiger partial charge in [0.2, 0.25) is 0 Å². The van der Waals surface area contributed by atoms with Crippen molar-refractivity contribution in [2.24, 2.45) is 10.9 Å². The summed E-state index contributed by atoms with van der Waals surface area (Å²) in [5.41, 5.74) is 0.197. The minimum Gasteiger partial charge on any atom is -1.00 e. The van der Waals surface area contributed by atoms with Crippen molar-refractivity contribution in [2.45, 2.75) is 39.7 Å². The van der Waals surface area contributed by atoms with E-state index >= 15 is 0 Å². The second-order valence-electron chi connectivity index (χ2n) is 5.62. The van der Waals surface area contributed by atoms with E-state index in [0.29, 0.717) is 6.42 Å². The van der Waals surface area contributed by atoms with Crippen molar-refractivity contribution in [1.82, 2.24) is 10.3 Å². The summed E-state index contributed by atoms with van der Waals surface area (Å²) in [6, 6.07) is 1.57. The van der Waals surface area contributed by atoms with E-state index in [1.54, 1.807) is 19.2 Å². The molecular formula is C15H20N3NaO3. The van der Waals surface area contributed by atoms with Crippen LogP contribution < -0.4 is 34.9 Å². The summed E-state index contributed by atoms with van der Waals surface area (Å²) in [6.07, 6.45) is 2.30. The molecule has 2 rings (SSSR count). The zero-order valence-corrected chi connectivity index (χ0v) is 15.6. The number of aryl methyl sites for hydroxylation is 1. The number of amides is 1. The van der Waals surface area contributed by atoms with Gasteiger partial charge in [-0.05, 0) is 30.9 Å². The minimum atomic E-state index is -1.08. The molecule has 0 spiro atoms. The number of carbonyl (C=O) groups excluding carboxylic acids is 1. The van der Waals surface area contributed by atoms with Crippen molar-refractivity contribution in [3.05, 3.63) is 29.1 Å². The number of hydrogen-bond acceptors (Lipinski definition) is 4. The van der Waals surface area contributed by atoms with Crippen LogP contribution in [0.15, 0.2) is 17.3 Å². The first-order valence-corrected chi connectivity index (χ1v) is 6.93. The molecule has 0 aliphatic carbocycles. The molecule has 114 valence electrons. The Kier molecular flexibility index (Phi) is 5.89. The number of aromatic carboxylic acids is 1. The normalized spacial score (nSPS) is 20.4. The molecule has 2 heterocycles. The van der Waals surface area contributed by atoms with Crippen LogP contribution in [0.3, 0.4) is 0 Å². The maximum Gasteiger partial charge on any atom is 1.00 e. The molecule has 0 saturated heterocycles. The number of carboxylic acids is 1. The van der Waals surface area contributed by atoms with Crippen LogP contribution in [-0.2, 0) is 11.2 Å². The van der Waals surface area contributed by atoms with Gasteiger partial charge in [-0.2, -0.15) is 0 Å². The number of aromatic nitrogens is 1. The molecular weight excluding hydrogens is 293 g/mol. The Morgan fingerprint density at radius 1 is 1.50 bits per heavy atom. The van der Waals surface area contributed by atoms with Crippen LogP contribution in [0, 0.1) is 5.92 Å². The molecule has 22 heavy (non-hydrogen) atoms. The van der Waals surface area contributed by atoms with E-state index in [9.17, 15) is 14.7 Å². The minimum absolute atomic E-state index is 0. The topological polar surface area (TPSA) is 91.7 Å². The predicted octanol–water partition coefficient (Wildman–Crippen LogP) is -1.25. The average molecular weight is 313 g/mol. The molecule has 6 nitrogen and oxygen atoms in total. The molecule has 1 aromatic rings. The molecule has 1 aliphatic heterocycles. The molecule has 2 N–H and O–H groups in total. The van der Waals surface area contributed by atoms with Crippen LogP contribution in [0.1, 0.15) is 50.7 Å². The number of carbonyl (C=O) groups is 2. The van der Waals surface area contributed by atoms with Gasteiger partial charge >= 0.3 is 35.5 Å². The summed E-state index contributed by atoms with van der Waals surface area (Å²) < 4.78 is 0. The molecule has 1 unspecified atom stereocenters. The fourth-order valence-electron chi connectivity index (χ4n) is 2.10. The number of pyridine rings is 1. The SMILES string of the molecule is CCc1cnc(C2=NC(C)(C(C)C)C(=O)N2)c(C(=O)O)c1.[H-].[Na+]. The summed E-state index contributed by atoms with van der Waals surface area (Å²) >= 11 is 0. The van der Waals surface area contributed by atoms with Gasteiger partial charge in [-0.3, -0.25) is 9.78 Å². The van der Waals surface area contributed by atoms with E-state index in [1.165, 1.54) is 0 Å². The molecule has 0 fully saturated rings. The Balaban J connectivity index is 0.00000242. The molecule has 1 amide bonds. The maximum atomic E-state index is 12.1. The van der Waals surface area contributed by atoms with Gasteiger partial charge < -0.3 is 11.8 Å². The van der Waals surface area contributed by atoms with Crippen molar-refractivity contribution in [1.29, 1.82) is 0 Å². The second kappa shape index (κ2) is 6.89. The van der Waals surface area contributed by atoms with E-state index in [0.717, 1.165) is 5.56 Å².